The van der Waals surface area contributed by atoms with Gasteiger partial charge in [-0.1, -0.05) is 30.3 Å². The Morgan fingerprint density at radius 1 is 1.16 bits per heavy atom. The lowest BCUT2D eigenvalue weighted by atomic mass is 9.97. The second-order valence-corrected chi connectivity index (χ2v) is 6.46. The Morgan fingerprint density at radius 2 is 2.08 bits per heavy atom. The Morgan fingerprint density at radius 3 is 2.92 bits per heavy atom. The van der Waals surface area contributed by atoms with Gasteiger partial charge in [-0.15, -0.1) is 0 Å². The number of hydrogen-bond acceptors (Lipinski definition) is 3. The number of nitrogens with zero attached hydrogens (tertiary/aromatic N) is 3. The molecule has 0 bridgehead atoms. The molecule has 1 aromatic heterocycles. The molecule has 0 spiro atoms. The van der Waals surface area contributed by atoms with Crippen molar-refractivity contribution in [2.45, 2.75) is 25.9 Å². The number of hydrogen-bond donors (Lipinski definition) is 0. The first-order valence-electron chi connectivity index (χ1n) is 8.85. The minimum atomic E-state index is 0.410. The number of fused-ring (bicyclic) bond motifs is 1. The second kappa shape index (κ2) is 7.01. The average Bonchev–Trinajstić information content (AvgIpc) is 3.17. The third-order valence-electron chi connectivity index (χ3n) is 4.75. The summed E-state index contributed by atoms with van der Waals surface area (Å²) in [5.41, 5.74) is 4.00. The fourth-order valence-electron chi connectivity index (χ4n) is 3.62. The lowest BCUT2D eigenvalue weighted by molar-refractivity contribution is 0.340. The first kappa shape index (κ1) is 15.8. The number of aromatic nitrogens is 2. The standard InChI is InChI=1S/C21H23N3O/c1-2-25-20-8-5-6-17(12-20)14-24-15-19(23-11-10-22-16-23)13-18-7-3-4-9-21(18)24/h3-12,16,19H,2,13-15H2,1H3/t19-/m0/s1. The summed E-state index contributed by atoms with van der Waals surface area (Å²) in [5, 5.41) is 0. The van der Waals surface area contributed by atoms with E-state index in [0.29, 0.717) is 12.6 Å². The number of para-hydroxylation sites is 1. The predicted molar refractivity (Wildman–Crippen MR) is 100 cm³/mol. The summed E-state index contributed by atoms with van der Waals surface area (Å²) in [6.07, 6.45) is 6.89. The maximum atomic E-state index is 5.65. The highest BCUT2D eigenvalue weighted by Crippen LogP contribution is 2.33. The van der Waals surface area contributed by atoms with E-state index in [1.54, 1.807) is 0 Å². The van der Waals surface area contributed by atoms with Gasteiger partial charge in [-0.2, -0.15) is 0 Å². The first-order valence-corrected chi connectivity index (χ1v) is 8.85. The maximum absolute atomic E-state index is 5.65. The van der Waals surface area contributed by atoms with Gasteiger partial charge in [0, 0.05) is 31.2 Å². The monoisotopic (exact) mass is 333 g/mol. The molecule has 1 aliphatic heterocycles. The van der Waals surface area contributed by atoms with Crippen LogP contribution < -0.4 is 9.64 Å². The van der Waals surface area contributed by atoms with Crippen LogP contribution in [0.25, 0.3) is 0 Å². The summed E-state index contributed by atoms with van der Waals surface area (Å²) in [6, 6.07) is 17.5. The SMILES string of the molecule is CCOc1cccc(CN2C[C@@H](n3ccnc3)Cc3ccccc32)c1. The molecule has 0 saturated heterocycles. The van der Waals surface area contributed by atoms with Crippen LogP contribution in [0.5, 0.6) is 5.75 Å². The van der Waals surface area contributed by atoms with Crippen molar-refractivity contribution in [3.63, 3.8) is 0 Å². The molecular formula is C21H23N3O. The van der Waals surface area contributed by atoms with Crippen LogP contribution in [0.2, 0.25) is 0 Å². The van der Waals surface area contributed by atoms with E-state index in [-0.39, 0.29) is 0 Å². The molecule has 1 aliphatic rings. The Bertz CT molecular complexity index is 829. The van der Waals surface area contributed by atoms with Gasteiger partial charge in [0.05, 0.1) is 19.0 Å². The molecule has 0 fully saturated rings. The van der Waals surface area contributed by atoms with Crippen LogP contribution in [-0.4, -0.2) is 22.7 Å². The molecule has 0 radical (unpaired) electrons. The summed E-state index contributed by atoms with van der Waals surface area (Å²) in [6.45, 7) is 4.57. The van der Waals surface area contributed by atoms with Crippen LogP contribution in [0.15, 0.2) is 67.3 Å². The third-order valence-corrected chi connectivity index (χ3v) is 4.75. The van der Waals surface area contributed by atoms with Gasteiger partial charge < -0.3 is 14.2 Å². The van der Waals surface area contributed by atoms with Crippen molar-refractivity contribution in [3.8, 4) is 5.75 Å². The molecule has 0 amide bonds. The van der Waals surface area contributed by atoms with Crippen molar-refractivity contribution >= 4 is 5.69 Å². The summed E-state index contributed by atoms with van der Waals surface area (Å²) >= 11 is 0. The van der Waals surface area contributed by atoms with Gasteiger partial charge in [0.15, 0.2) is 0 Å². The molecule has 128 valence electrons. The lowest BCUT2D eigenvalue weighted by Crippen LogP contribution is -2.36. The van der Waals surface area contributed by atoms with Crippen LogP contribution >= 0.6 is 0 Å². The fourth-order valence-corrected chi connectivity index (χ4v) is 3.62. The smallest absolute Gasteiger partial charge is 0.119 e. The van der Waals surface area contributed by atoms with Crippen molar-refractivity contribution in [1.29, 1.82) is 0 Å². The van der Waals surface area contributed by atoms with Crippen LogP contribution in [0.1, 0.15) is 24.1 Å². The predicted octanol–water partition coefficient (Wildman–Crippen LogP) is 4.09. The van der Waals surface area contributed by atoms with Crippen molar-refractivity contribution in [3.05, 3.63) is 78.4 Å². The van der Waals surface area contributed by atoms with Gasteiger partial charge in [0.2, 0.25) is 0 Å². The second-order valence-electron chi connectivity index (χ2n) is 6.46. The summed E-state index contributed by atoms with van der Waals surface area (Å²) in [7, 11) is 0. The van der Waals surface area contributed by atoms with Gasteiger partial charge in [-0.3, -0.25) is 0 Å². The van der Waals surface area contributed by atoms with Gasteiger partial charge in [0.25, 0.3) is 0 Å². The number of anilines is 1. The molecular weight excluding hydrogens is 310 g/mol. The number of ether oxygens (including phenoxy) is 1. The molecule has 1 atom stereocenters. The van der Waals surface area contributed by atoms with Crippen LogP contribution in [-0.2, 0) is 13.0 Å². The molecule has 2 aromatic carbocycles. The van der Waals surface area contributed by atoms with Crippen LogP contribution in [0, 0.1) is 0 Å². The van der Waals surface area contributed by atoms with Crippen molar-refractivity contribution in [2.24, 2.45) is 0 Å². The van der Waals surface area contributed by atoms with E-state index >= 15 is 0 Å². The Kier molecular flexibility index (Phi) is 4.42. The van der Waals surface area contributed by atoms with E-state index in [2.05, 4.69) is 63.1 Å². The molecule has 0 unspecified atom stereocenters. The van der Waals surface area contributed by atoms with Gasteiger partial charge in [0.1, 0.15) is 5.75 Å². The van der Waals surface area contributed by atoms with Crippen molar-refractivity contribution in [2.75, 3.05) is 18.1 Å². The molecule has 25 heavy (non-hydrogen) atoms. The first-order chi connectivity index (χ1) is 12.3. The number of imidazole rings is 1. The topological polar surface area (TPSA) is 30.3 Å². The largest absolute Gasteiger partial charge is 0.494 e. The molecule has 4 nitrogen and oxygen atoms in total. The molecule has 0 saturated carbocycles. The molecule has 2 heterocycles. The van der Waals surface area contributed by atoms with Crippen LogP contribution in [0.3, 0.4) is 0 Å². The van der Waals surface area contributed by atoms with E-state index in [1.807, 2.05) is 25.5 Å². The highest BCUT2D eigenvalue weighted by molar-refractivity contribution is 5.56. The number of rotatable bonds is 5. The van der Waals surface area contributed by atoms with Gasteiger partial charge in [-0.25, -0.2) is 4.98 Å². The van der Waals surface area contributed by atoms with E-state index in [1.165, 1.54) is 16.8 Å². The summed E-state index contributed by atoms with van der Waals surface area (Å²) < 4.78 is 7.88. The van der Waals surface area contributed by atoms with Gasteiger partial charge >= 0.3 is 0 Å². The van der Waals surface area contributed by atoms with Crippen molar-refractivity contribution in [1.82, 2.24) is 9.55 Å². The minimum absolute atomic E-state index is 0.410. The zero-order valence-corrected chi connectivity index (χ0v) is 14.5. The highest BCUT2D eigenvalue weighted by atomic mass is 16.5. The fraction of sp³-hybridized carbons (Fsp3) is 0.286. The van der Waals surface area contributed by atoms with Gasteiger partial charge in [-0.05, 0) is 42.7 Å². The Labute approximate surface area is 148 Å². The summed E-state index contributed by atoms with van der Waals surface area (Å²) in [5.74, 6) is 0.941. The minimum Gasteiger partial charge on any atom is -0.494 e. The molecule has 4 heteroatoms. The third kappa shape index (κ3) is 3.38. The zero-order valence-electron chi connectivity index (χ0n) is 14.5. The maximum Gasteiger partial charge on any atom is 0.119 e. The molecule has 3 aromatic rings. The average molecular weight is 333 g/mol. The number of benzene rings is 2. The quantitative estimate of drug-likeness (QED) is 0.704. The lowest BCUT2D eigenvalue weighted by Gasteiger charge is -2.36. The molecule has 4 rings (SSSR count). The van der Waals surface area contributed by atoms with E-state index < -0.39 is 0 Å². The molecule has 0 N–H and O–H groups in total. The van der Waals surface area contributed by atoms with E-state index in [4.69, 9.17) is 4.74 Å². The highest BCUT2D eigenvalue weighted by Gasteiger charge is 2.25. The van der Waals surface area contributed by atoms with Crippen molar-refractivity contribution < 1.29 is 4.74 Å². The van der Waals surface area contributed by atoms with E-state index in [9.17, 15) is 0 Å². The summed E-state index contributed by atoms with van der Waals surface area (Å²) in [4.78, 5) is 6.69. The van der Waals surface area contributed by atoms with Crippen LogP contribution in [0.4, 0.5) is 5.69 Å². The Balaban J connectivity index is 1.62. The normalized spacial score (nSPS) is 16.5. The Hall–Kier alpha value is -2.75. The molecule has 0 aliphatic carbocycles. The van der Waals surface area contributed by atoms with E-state index in [0.717, 1.165) is 25.3 Å². The zero-order chi connectivity index (χ0) is 17.1.